The number of amides is 2. The third-order valence-electron chi connectivity index (χ3n) is 6.04. The van der Waals surface area contributed by atoms with E-state index in [-0.39, 0.29) is 35.8 Å². The minimum Gasteiger partial charge on any atom is -0.493 e. The summed E-state index contributed by atoms with van der Waals surface area (Å²) >= 11 is 0. The van der Waals surface area contributed by atoms with Crippen molar-refractivity contribution in [2.45, 2.75) is 12.6 Å². The molecule has 0 aliphatic carbocycles. The van der Waals surface area contributed by atoms with Crippen LogP contribution in [-0.2, 0) is 11.4 Å². The molecule has 1 atom stereocenters. The molecule has 0 saturated carbocycles. The Bertz CT molecular complexity index is 1420. The highest BCUT2D eigenvalue weighted by molar-refractivity contribution is 5.98. The fourth-order valence-electron chi connectivity index (χ4n) is 3.88. The molecular weight excluding hydrogens is 540 g/mol. The molecule has 12 heteroatoms. The van der Waals surface area contributed by atoms with E-state index in [0.29, 0.717) is 23.7 Å². The molecule has 0 bridgehead atoms. The Labute approximate surface area is 244 Å². The summed E-state index contributed by atoms with van der Waals surface area (Å²) in [5, 5.41) is 16.1. The Morgan fingerprint density at radius 2 is 1.67 bits per heavy atom. The van der Waals surface area contributed by atoms with Gasteiger partial charge < -0.3 is 40.3 Å². The number of rotatable bonds is 14. The van der Waals surface area contributed by atoms with E-state index in [1.165, 1.54) is 27.5 Å². The topological polar surface area (TPSA) is 174 Å². The fraction of sp³-hybridized carbons (Fsp3) is 0.233. The molecule has 0 heterocycles. The first-order chi connectivity index (χ1) is 20.3. The molecule has 0 aliphatic rings. The van der Waals surface area contributed by atoms with Crippen LogP contribution in [0.5, 0.6) is 23.0 Å². The van der Waals surface area contributed by atoms with Crippen molar-refractivity contribution in [3.8, 4) is 29.1 Å². The highest BCUT2D eigenvalue weighted by Gasteiger charge is 2.21. The van der Waals surface area contributed by atoms with Crippen molar-refractivity contribution in [3.05, 3.63) is 95.3 Å². The van der Waals surface area contributed by atoms with Gasteiger partial charge in [0.1, 0.15) is 24.1 Å². The smallest absolute Gasteiger partial charge is 0.270 e. The van der Waals surface area contributed by atoms with Gasteiger partial charge >= 0.3 is 0 Å². The van der Waals surface area contributed by atoms with Crippen LogP contribution in [0.1, 0.15) is 27.5 Å². The number of benzene rings is 3. The monoisotopic (exact) mass is 574 g/mol. The summed E-state index contributed by atoms with van der Waals surface area (Å²) in [4.78, 5) is 25.4. The van der Waals surface area contributed by atoms with Crippen LogP contribution >= 0.6 is 0 Å². The van der Waals surface area contributed by atoms with E-state index in [1.54, 1.807) is 36.4 Å². The van der Waals surface area contributed by atoms with Gasteiger partial charge in [-0.25, -0.2) is 5.84 Å². The molecule has 0 fully saturated rings. The molecule has 220 valence electrons. The SMILES string of the molecule is COc1ccc(C(=O)NCCN(N)/C=C(\N)C(=O)NC(C#N)c2ccc(OCc3ccccc3)cc2)c(OC)c1OC. The Hall–Kier alpha value is -5.41. The summed E-state index contributed by atoms with van der Waals surface area (Å²) in [6, 6.07) is 20.8. The highest BCUT2D eigenvalue weighted by Crippen LogP contribution is 2.39. The Morgan fingerprint density at radius 1 is 0.976 bits per heavy atom. The van der Waals surface area contributed by atoms with Crippen LogP contribution in [0.4, 0.5) is 0 Å². The lowest BCUT2D eigenvalue weighted by atomic mass is 10.1. The first-order valence-electron chi connectivity index (χ1n) is 12.8. The van der Waals surface area contributed by atoms with Crippen LogP contribution in [-0.4, -0.2) is 51.2 Å². The number of nitrogens with two attached hydrogens (primary N) is 2. The fourth-order valence-corrected chi connectivity index (χ4v) is 3.88. The summed E-state index contributed by atoms with van der Waals surface area (Å²) in [5.41, 5.74) is 7.52. The Morgan fingerprint density at radius 3 is 2.29 bits per heavy atom. The molecule has 6 N–H and O–H groups in total. The molecule has 3 aromatic rings. The van der Waals surface area contributed by atoms with Crippen LogP contribution in [0.25, 0.3) is 0 Å². The lowest BCUT2D eigenvalue weighted by Gasteiger charge is -2.18. The van der Waals surface area contributed by atoms with Crippen LogP contribution in [0, 0.1) is 11.3 Å². The summed E-state index contributed by atoms with van der Waals surface area (Å²) in [7, 11) is 4.34. The van der Waals surface area contributed by atoms with E-state index in [2.05, 4.69) is 10.6 Å². The summed E-state index contributed by atoms with van der Waals surface area (Å²) in [6.45, 7) is 0.656. The van der Waals surface area contributed by atoms with E-state index in [1.807, 2.05) is 36.4 Å². The zero-order valence-corrected chi connectivity index (χ0v) is 23.6. The predicted molar refractivity (Wildman–Crippen MR) is 155 cm³/mol. The van der Waals surface area contributed by atoms with Crippen molar-refractivity contribution >= 4 is 11.8 Å². The van der Waals surface area contributed by atoms with Crippen LogP contribution in [0.2, 0.25) is 0 Å². The van der Waals surface area contributed by atoms with Gasteiger partial charge in [-0.15, -0.1) is 0 Å². The predicted octanol–water partition coefficient (Wildman–Crippen LogP) is 2.38. The van der Waals surface area contributed by atoms with Gasteiger partial charge in [0, 0.05) is 12.7 Å². The van der Waals surface area contributed by atoms with Gasteiger partial charge in [0.2, 0.25) is 5.75 Å². The Kier molecular flexibility index (Phi) is 11.4. The van der Waals surface area contributed by atoms with E-state index in [9.17, 15) is 14.9 Å². The number of ether oxygens (including phenoxy) is 4. The molecule has 3 rings (SSSR count). The lowest BCUT2D eigenvalue weighted by Crippen LogP contribution is -2.38. The number of carbonyl (C=O) groups is 2. The molecule has 42 heavy (non-hydrogen) atoms. The summed E-state index contributed by atoms with van der Waals surface area (Å²) in [5.74, 6) is 6.39. The number of nitriles is 1. The van der Waals surface area contributed by atoms with E-state index in [0.717, 1.165) is 10.6 Å². The molecule has 2 amide bonds. The number of nitrogens with one attached hydrogen (secondary N) is 2. The molecule has 3 aromatic carbocycles. The maximum atomic E-state index is 12.7. The second-order valence-corrected chi connectivity index (χ2v) is 8.84. The number of hydrogen-bond donors (Lipinski definition) is 4. The maximum absolute atomic E-state index is 12.7. The lowest BCUT2D eigenvalue weighted by molar-refractivity contribution is -0.118. The van der Waals surface area contributed by atoms with E-state index in [4.69, 9.17) is 30.5 Å². The highest BCUT2D eigenvalue weighted by atomic mass is 16.5. The number of methoxy groups -OCH3 is 3. The molecule has 12 nitrogen and oxygen atoms in total. The maximum Gasteiger partial charge on any atom is 0.270 e. The van der Waals surface area contributed by atoms with Crippen molar-refractivity contribution < 1.29 is 28.5 Å². The van der Waals surface area contributed by atoms with Crippen molar-refractivity contribution in [2.75, 3.05) is 34.4 Å². The van der Waals surface area contributed by atoms with Crippen molar-refractivity contribution in [1.29, 1.82) is 5.26 Å². The standard InChI is InChI=1S/C30H34N6O6/c1-39-26-14-13-23(27(40-2)28(26)41-3)29(37)34-15-16-36(33)18-24(32)30(38)35-25(17-31)21-9-11-22(12-10-21)42-19-20-7-5-4-6-8-20/h4-14,18,25H,15-16,19,32-33H2,1-3H3,(H,34,37)(H,35,38)/b24-18-. The first-order valence-corrected chi connectivity index (χ1v) is 12.8. The average Bonchev–Trinajstić information content (AvgIpc) is 3.02. The van der Waals surface area contributed by atoms with Gasteiger partial charge in [-0.3, -0.25) is 9.59 Å². The zero-order chi connectivity index (χ0) is 30.5. The van der Waals surface area contributed by atoms with E-state index >= 15 is 0 Å². The minimum absolute atomic E-state index is 0.123. The Balaban J connectivity index is 1.51. The third kappa shape index (κ3) is 8.30. The number of carbonyl (C=O) groups excluding carboxylic acids is 2. The van der Waals surface area contributed by atoms with Gasteiger partial charge in [0.25, 0.3) is 11.8 Å². The molecular formula is C30H34N6O6. The molecule has 0 spiro atoms. The number of nitrogens with zero attached hydrogens (tertiary/aromatic N) is 2. The van der Waals surface area contributed by atoms with Crippen LogP contribution < -0.4 is 41.2 Å². The van der Waals surface area contributed by atoms with Crippen LogP contribution in [0.15, 0.2) is 78.6 Å². The van der Waals surface area contributed by atoms with E-state index < -0.39 is 17.9 Å². The van der Waals surface area contributed by atoms with Gasteiger partial charge in [0.15, 0.2) is 11.5 Å². The van der Waals surface area contributed by atoms with Gasteiger partial charge in [-0.05, 0) is 35.4 Å². The molecule has 0 aliphatic heterocycles. The summed E-state index contributed by atoms with van der Waals surface area (Å²) in [6.07, 6.45) is 1.22. The second kappa shape index (κ2) is 15.4. The van der Waals surface area contributed by atoms with Gasteiger partial charge in [-0.2, -0.15) is 5.26 Å². The van der Waals surface area contributed by atoms with Crippen molar-refractivity contribution in [3.63, 3.8) is 0 Å². The number of hydrogen-bond acceptors (Lipinski definition) is 10. The van der Waals surface area contributed by atoms with Crippen molar-refractivity contribution in [2.24, 2.45) is 11.6 Å². The van der Waals surface area contributed by atoms with Crippen molar-refractivity contribution in [1.82, 2.24) is 15.6 Å². The zero-order valence-electron chi connectivity index (χ0n) is 23.6. The van der Waals surface area contributed by atoms with Gasteiger partial charge in [-0.1, -0.05) is 42.5 Å². The minimum atomic E-state index is -0.949. The largest absolute Gasteiger partial charge is 0.493 e. The molecule has 0 aromatic heterocycles. The number of hydrazine groups is 1. The summed E-state index contributed by atoms with van der Waals surface area (Å²) < 4.78 is 21.6. The van der Waals surface area contributed by atoms with Crippen LogP contribution in [0.3, 0.4) is 0 Å². The van der Waals surface area contributed by atoms with Gasteiger partial charge in [0.05, 0.1) is 39.5 Å². The normalized spacial score (nSPS) is 11.5. The molecule has 0 radical (unpaired) electrons. The third-order valence-corrected chi connectivity index (χ3v) is 6.04. The first kappa shape index (κ1) is 31.1. The molecule has 0 saturated heterocycles. The average molecular weight is 575 g/mol. The quantitative estimate of drug-likeness (QED) is 0.127. The molecule has 1 unspecified atom stereocenters. The second-order valence-electron chi connectivity index (χ2n) is 8.84.